The second-order valence-corrected chi connectivity index (χ2v) is 8.21. The van der Waals surface area contributed by atoms with Crippen molar-refractivity contribution < 1.29 is 4.79 Å². The summed E-state index contributed by atoms with van der Waals surface area (Å²) in [5, 5.41) is 13.5. The SMILES string of the molecule is CCCn1cc(C(=O)NCC23CCC(CC2)CC3)c2c(C#N)cccc21. The molecule has 5 rings (SSSR count). The summed E-state index contributed by atoms with van der Waals surface area (Å²) >= 11 is 0. The van der Waals surface area contributed by atoms with Crippen molar-refractivity contribution in [3.63, 3.8) is 0 Å². The van der Waals surface area contributed by atoms with Crippen molar-refractivity contribution in [2.45, 2.75) is 58.4 Å². The molecule has 4 heteroatoms. The summed E-state index contributed by atoms with van der Waals surface area (Å²) in [6.45, 7) is 3.75. The molecule has 1 N–H and O–H groups in total. The van der Waals surface area contributed by atoms with Gasteiger partial charge in [0.2, 0.25) is 0 Å². The van der Waals surface area contributed by atoms with Gasteiger partial charge in [-0.05, 0) is 68.4 Å². The van der Waals surface area contributed by atoms with Gasteiger partial charge in [-0.25, -0.2) is 0 Å². The molecule has 0 aliphatic heterocycles. The molecule has 0 radical (unpaired) electrons. The van der Waals surface area contributed by atoms with Crippen LogP contribution in [0.1, 0.15) is 67.8 Å². The molecule has 1 heterocycles. The molecular weight excluding hydrogens is 322 g/mol. The summed E-state index contributed by atoms with van der Waals surface area (Å²) in [6, 6.07) is 7.96. The molecule has 3 aliphatic rings. The van der Waals surface area contributed by atoms with Gasteiger partial charge in [-0.3, -0.25) is 4.79 Å². The number of hydrogen-bond acceptors (Lipinski definition) is 2. The lowest BCUT2D eigenvalue weighted by atomic mass is 9.61. The number of nitrogens with one attached hydrogen (secondary N) is 1. The maximum Gasteiger partial charge on any atom is 0.253 e. The summed E-state index contributed by atoms with van der Waals surface area (Å²) in [7, 11) is 0. The molecule has 0 atom stereocenters. The highest BCUT2D eigenvalue weighted by atomic mass is 16.1. The van der Waals surface area contributed by atoms with Crippen molar-refractivity contribution >= 4 is 16.8 Å². The molecule has 1 amide bonds. The van der Waals surface area contributed by atoms with E-state index in [1.807, 2.05) is 18.3 Å². The Bertz CT molecular complexity index is 852. The van der Waals surface area contributed by atoms with Crippen LogP contribution in [0.4, 0.5) is 0 Å². The average molecular weight is 349 g/mol. The number of nitriles is 1. The number of aryl methyl sites for hydroxylation is 1. The molecule has 136 valence electrons. The summed E-state index contributed by atoms with van der Waals surface area (Å²) in [5.41, 5.74) is 2.52. The van der Waals surface area contributed by atoms with Crippen LogP contribution >= 0.6 is 0 Å². The summed E-state index contributed by atoms with van der Waals surface area (Å²) in [6.07, 6.45) is 10.6. The minimum atomic E-state index is -0.0328. The van der Waals surface area contributed by atoms with Crippen molar-refractivity contribution in [3.05, 3.63) is 35.5 Å². The van der Waals surface area contributed by atoms with Crippen molar-refractivity contribution in [1.82, 2.24) is 9.88 Å². The van der Waals surface area contributed by atoms with Crippen LogP contribution in [0.2, 0.25) is 0 Å². The van der Waals surface area contributed by atoms with Gasteiger partial charge in [-0.15, -0.1) is 0 Å². The Morgan fingerprint density at radius 2 is 2.04 bits per heavy atom. The topological polar surface area (TPSA) is 57.8 Å². The predicted octanol–water partition coefficient (Wildman–Crippen LogP) is 4.62. The Labute approximate surface area is 155 Å². The highest BCUT2D eigenvalue weighted by Gasteiger charge is 2.40. The first-order valence-corrected chi connectivity index (χ1v) is 9.96. The van der Waals surface area contributed by atoms with Crippen molar-refractivity contribution in [1.29, 1.82) is 5.26 Å². The van der Waals surface area contributed by atoms with Crippen molar-refractivity contribution in [2.75, 3.05) is 6.54 Å². The normalized spacial score (nSPS) is 24.5. The summed E-state index contributed by atoms with van der Waals surface area (Å²) < 4.78 is 2.11. The van der Waals surface area contributed by atoms with E-state index < -0.39 is 0 Å². The lowest BCUT2D eigenvalue weighted by molar-refractivity contribution is 0.0598. The number of aromatic nitrogens is 1. The highest BCUT2D eigenvalue weighted by molar-refractivity contribution is 6.09. The Hall–Kier alpha value is -2.28. The van der Waals surface area contributed by atoms with E-state index in [1.54, 1.807) is 6.07 Å². The van der Waals surface area contributed by atoms with Gasteiger partial charge in [0.05, 0.1) is 22.7 Å². The largest absolute Gasteiger partial charge is 0.351 e. The van der Waals surface area contributed by atoms with Gasteiger partial charge in [0.25, 0.3) is 5.91 Å². The van der Waals surface area contributed by atoms with Crippen LogP contribution in [-0.4, -0.2) is 17.0 Å². The average Bonchev–Trinajstić information content (AvgIpc) is 3.07. The van der Waals surface area contributed by atoms with Crippen LogP contribution in [0.25, 0.3) is 10.9 Å². The molecule has 1 aromatic heterocycles. The zero-order valence-electron chi connectivity index (χ0n) is 15.6. The standard InChI is InChI=1S/C22H27N3O/c1-2-12-25-14-18(20-17(13-23)4-3-5-19(20)25)21(26)24-15-22-9-6-16(7-10-22)8-11-22/h3-5,14,16H,2,6-12,15H2,1H3,(H,24,26). The molecule has 3 fully saturated rings. The highest BCUT2D eigenvalue weighted by Crippen LogP contribution is 2.49. The van der Waals surface area contributed by atoms with E-state index in [2.05, 4.69) is 22.9 Å². The van der Waals surface area contributed by atoms with Crippen molar-refractivity contribution in [3.8, 4) is 6.07 Å². The number of carbonyl (C=O) groups excluding carboxylic acids is 1. The van der Waals surface area contributed by atoms with Crippen molar-refractivity contribution in [2.24, 2.45) is 11.3 Å². The van der Waals surface area contributed by atoms with E-state index in [1.165, 1.54) is 38.5 Å². The lowest BCUT2D eigenvalue weighted by Crippen LogP contribution is -2.43. The second-order valence-electron chi connectivity index (χ2n) is 8.21. The number of carbonyl (C=O) groups is 1. The zero-order valence-corrected chi connectivity index (χ0v) is 15.6. The predicted molar refractivity (Wildman–Crippen MR) is 103 cm³/mol. The minimum Gasteiger partial charge on any atom is -0.351 e. The van der Waals surface area contributed by atoms with E-state index in [0.29, 0.717) is 16.5 Å². The Balaban J connectivity index is 1.61. The monoisotopic (exact) mass is 349 g/mol. The molecule has 4 nitrogen and oxygen atoms in total. The number of benzene rings is 1. The Morgan fingerprint density at radius 1 is 1.31 bits per heavy atom. The number of fused-ring (bicyclic) bond motifs is 4. The molecule has 26 heavy (non-hydrogen) atoms. The molecule has 3 aliphatic carbocycles. The first kappa shape index (κ1) is 17.1. The fourth-order valence-electron chi connectivity index (χ4n) is 5.01. The van der Waals surface area contributed by atoms with E-state index >= 15 is 0 Å². The van der Waals surface area contributed by atoms with E-state index in [4.69, 9.17) is 0 Å². The summed E-state index contributed by atoms with van der Waals surface area (Å²) in [4.78, 5) is 13.0. The smallest absolute Gasteiger partial charge is 0.253 e. The molecule has 0 unspecified atom stereocenters. The van der Waals surface area contributed by atoms with Crippen LogP contribution < -0.4 is 5.32 Å². The maximum absolute atomic E-state index is 13.0. The Morgan fingerprint density at radius 3 is 2.69 bits per heavy atom. The number of hydrogen-bond donors (Lipinski definition) is 1. The molecule has 0 saturated heterocycles. The van der Waals surface area contributed by atoms with Crippen LogP contribution in [0.15, 0.2) is 24.4 Å². The molecule has 2 bridgehead atoms. The third kappa shape index (κ3) is 2.90. The van der Waals surface area contributed by atoms with Crippen LogP contribution in [0.5, 0.6) is 0 Å². The number of rotatable bonds is 5. The first-order valence-electron chi connectivity index (χ1n) is 9.96. The molecule has 0 spiro atoms. The fourth-order valence-corrected chi connectivity index (χ4v) is 5.01. The van der Waals surface area contributed by atoms with Crippen LogP contribution in [0.3, 0.4) is 0 Å². The second kappa shape index (κ2) is 6.79. The molecule has 3 saturated carbocycles. The van der Waals surface area contributed by atoms with E-state index in [-0.39, 0.29) is 5.91 Å². The third-order valence-corrected chi connectivity index (χ3v) is 6.61. The maximum atomic E-state index is 13.0. The van der Waals surface area contributed by atoms with Gasteiger partial charge in [0.1, 0.15) is 0 Å². The van der Waals surface area contributed by atoms with E-state index in [9.17, 15) is 10.1 Å². The minimum absolute atomic E-state index is 0.0328. The van der Waals surface area contributed by atoms with Gasteiger partial charge >= 0.3 is 0 Å². The van der Waals surface area contributed by atoms with E-state index in [0.717, 1.165) is 36.3 Å². The lowest BCUT2D eigenvalue weighted by Gasteiger charge is -2.46. The van der Waals surface area contributed by atoms with Gasteiger partial charge in [-0.2, -0.15) is 5.26 Å². The first-order chi connectivity index (χ1) is 12.7. The number of nitrogens with zero attached hydrogens (tertiary/aromatic N) is 2. The summed E-state index contributed by atoms with van der Waals surface area (Å²) in [5.74, 6) is 0.896. The van der Waals surface area contributed by atoms with Gasteiger partial charge in [0.15, 0.2) is 0 Å². The van der Waals surface area contributed by atoms with Crippen LogP contribution in [0, 0.1) is 22.7 Å². The van der Waals surface area contributed by atoms with Gasteiger partial charge in [-0.1, -0.05) is 13.0 Å². The zero-order chi connectivity index (χ0) is 18.1. The quantitative estimate of drug-likeness (QED) is 0.856. The molecular formula is C22H27N3O. The molecule has 1 aromatic carbocycles. The van der Waals surface area contributed by atoms with Gasteiger partial charge < -0.3 is 9.88 Å². The molecule has 2 aromatic rings. The van der Waals surface area contributed by atoms with Crippen LogP contribution in [-0.2, 0) is 6.54 Å². The number of amides is 1. The van der Waals surface area contributed by atoms with Gasteiger partial charge in [0, 0.05) is 24.7 Å². The Kier molecular flexibility index (Phi) is 4.48. The third-order valence-electron chi connectivity index (χ3n) is 6.61. The fraction of sp³-hybridized carbons (Fsp3) is 0.545.